The number of aliphatic hydroxyl groups is 2. The van der Waals surface area contributed by atoms with E-state index >= 15 is 0 Å². The van der Waals surface area contributed by atoms with Crippen molar-refractivity contribution in [2.24, 2.45) is 5.73 Å². The summed E-state index contributed by atoms with van der Waals surface area (Å²) >= 11 is 0. The molecule has 0 unspecified atom stereocenters. The van der Waals surface area contributed by atoms with Crippen molar-refractivity contribution in [2.75, 3.05) is 7.11 Å². The predicted molar refractivity (Wildman–Crippen MR) is 130 cm³/mol. The smallest absolute Gasteiger partial charge is 0.202 e. The van der Waals surface area contributed by atoms with E-state index in [0.29, 0.717) is 0 Å². The molecule has 3 aliphatic rings. The Balaban J connectivity index is 1.68. The van der Waals surface area contributed by atoms with Gasteiger partial charge in [-0.25, -0.2) is 0 Å². The topological polar surface area (TPSA) is 186 Å². The van der Waals surface area contributed by atoms with Gasteiger partial charge in [0.2, 0.25) is 5.78 Å². The summed E-state index contributed by atoms with van der Waals surface area (Å²) in [6.45, 7) is 2.79. The van der Waals surface area contributed by atoms with E-state index in [1.807, 2.05) is 0 Å². The van der Waals surface area contributed by atoms with Crippen LogP contribution in [0.5, 0.6) is 17.2 Å². The number of phenolic OH excluding ortho intramolecular Hbond substituents is 2. The zero-order valence-corrected chi connectivity index (χ0v) is 21.1. The highest BCUT2D eigenvalue weighted by molar-refractivity contribution is 6.31. The molecule has 0 radical (unpaired) electrons. The van der Waals surface area contributed by atoms with Gasteiger partial charge in [0, 0.05) is 42.0 Å². The van der Waals surface area contributed by atoms with E-state index in [4.69, 9.17) is 19.9 Å². The molecule has 0 saturated carbocycles. The highest BCUT2D eigenvalue weighted by atomic mass is 16.7. The zero-order valence-electron chi connectivity index (χ0n) is 21.1. The lowest BCUT2D eigenvalue weighted by atomic mass is 9.72. The number of aromatic hydroxyl groups is 2. The molecule has 11 heteroatoms. The molecule has 1 heterocycles. The van der Waals surface area contributed by atoms with E-state index in [0.717, 1.165) is 0 Å². The number of benzene rings is 2. The first kappa shape index (κ1) is 26.3. The van der Waals surface area contributed by atoms with E-state index in [1.165, 1.54) is 32.2 Å². The first-order chi connectivity index (χ1) is 17.9. The molecule has 2 aliphatic carbocycles. The first-order valence-electron chi connectivity index (χ1n) is 12.2. The number of fused-ring (bicyclic) bond motifs is 3. The summed E-state index contributed by atoms with van der Waals surface area (Å²) in [5.74, 6) is -3.18. The second-order valence-electron chi connectivity index (χ2n) is 10.1. The van der Waals surface area contributed by atoms with Crippen LogP contribution in [0, 0.1) is 0 Å². The first-order valence-corrected chi connectivity index (χ1v) is 12.2. The van der Waals surface area contributed by atoms with E-state index < -0.39 is 82.6 Å². The van der Waals surface area contributed by atoms with Crippen molar-refractivity contribution in [1.82, 2.24) is 0 Å². The van der Waals surface area contributed by atoms with E-state index in [2.05, 4.69) is 0 Å². The summed E-state index contributed by atoms with van der Waals surface area (Å²) < 4.78 is 17.1. The van der Waals surface area contributed by atoms with Crippen LogP contribution >= 0.6 is 0 Å². The number of carbonyl (C=O) groups is 3. The Hall–Kier alpha value is -3.35. The maximum Gasteiger partial charge on any atom is 0.202 e. The molecule has 5 rings (SSSR count). The van der Waals surface area contributed by atoms with Crippen LogP contribution in [-0.4, -0.2) is 75.0 Å². The number of ether oxygens (including phenoxy) is 3. The number of nitrogens with two attached hydrogens (primary N) is 1. The Bertz CT molecular complexity index is 1360. The fourth-order valence-electron chi connectivity index (χ4n) is 5.66. The maximum atomic E-state index is 13.6. The van der Waals surface area contributed by atoms with Gasteiger partial charge in [0.1, 0.15) is 22.8 Å². The molecule has 6 N–H and O–H groups in total. The molecule has 6 atom stereocenters. The minimum atomic E-state index is -2.00. The van der Waals surface area contributed by atoms with Crippen molar-refractivity contribution >= 4 is 17.3 Å². The van der Waals surface area contributed by atoms with Crippen LogP contribution in [0.3, 0.4) is 0 Å². The maximum absolute atomic E-state index is 13.6. The number of hydrogen-bond acceptors (Lipinski definition) is 11. The van der Waals surface area contributed by atoms with Crippen LogP contribution in [0.2, 0.25) is 0 Å². The number of rotatable bonds is 4. The summed E-state index contributed by atoms with van der Waals surface area (Å²) in [6.07, 6.45) is -4.53. The van der Waals surface area contributed by atoms with E-state index in [-0.39, 0.29) is 40.8 Å². The van der Waals surface area contributed by atoms with Gasteiger partial charge in [-0.05, 0) is 19.9 Å². The van der Waals surface area contributed by atoms with Crippen LogP contribution in [0.4, 0.5) is 0 Å². The highest BCUT2D eigenvalue weighted by Gasteiger charge is 2.49. The quantitative estimate of drug-likeness (QED) is 0.305. The number of phenols is 2. The van der Waals surface area contributed by atoms with Gasteiger partial charge in [-0.15, -0.1) is 0 Å². The monoisotopic (exact) mass is 527 g/mol. The largest absolute Gasteiger partial charge is 0.507 e. The Morgan fingerprint density at radius 2 is 1.82 bits per heavy atom. The van der Waals surface area contributed by atoms with Crippen LogP contribution < -0.4 is 10.5 Å². The number of aliphatic hydroxyl groups excluding tert-OH is 1. The molecule has 11 nitrogen and oxygen atoms in total. The summed E-state index contributed by atoms with van der Waals surface area (Å²) in [5, 5.41) is 44.1. The van der Waals surface area contributed by atoms with Crippen molar-refractivity contribution < 1.29 is 49.0 Å². The molecule has 1 fully saturated rings. The van der Waals surface area contributed by atoms with Gasteiger partial charge in [0.05, 0.1) is 42.1 Å². The molecule has 0 spiro atoms. The minimum absolute atomic E-state index is 0.0147. The molecule has 2 aromatic rings. The Morgan fingerprint density at radius 1 is 1.13 bits per heavy atom. The van der Waals surface area contributed by atoms with Crippen LogP contribution in [0.1, 0.15) is 75.8 Å². The van der Waals surface area contributed by atoms with Gasteiger partial charge in [-0.2, -0.15) is 0 Å². The molecule has 0 bridgehead atoms. The van der Waals surface area contributed by atoms with Crippen molar-refractivity contribution in [3.8, 4) is 17.2 Å². The number of hydrogen-bond donors (Lipinski definition) is 5. The van der Waals surface area contributed by atoms with Crippen molar-refractivity contribution in [1.29, 1.82) is 0 Å². The molecule has 202 valence electrons. The molecular formula is C27H29NO10. The molecule has 2 aromatic carbocycles. The van der Waals surface area contributed by atoms with Gasteiger partial charge >= 0.3 is 0 Å². The predicted octanol–water partition coefficient (Wildman–Crippen LogP) is 1.03. The summed E-state index contributed by atoms with van der Waals surface area (Å²) in [6, 6.07) is 3.75. The number of carbonyl (C=O) groups excluding carboxylic acids is 3. The van der Waals surface area contributed by atoms with Gasteiger partial charge in [0.15, 0.2) is 17.9 Å². The van der Waals surface area contributed by atoms with E-state index in [1.54, 1.807) is 6.92 Å². The molecule has 0 amide bonds. The zero-order chi connectivity index (χ0) is 27.7. The van der Waals surface area contributed by atoms with E-state index in [9.17, 15) is 34.8 Å². The van der Waals surface area contributed by atoms with Crippen molar-refractivity contribution in [3.05, 3.63) is 51.6 Å². The second kappa shape index (κ2) is 9.14. The Labute approximate surface area is 217 Å². The summed E-state index contributed by atoms with van der Waals surface area (Å²) in [5.41, 5.74) is 2.97. The fourth-order valence-corrected chi connectivity index (χ4v) is 5.66. The number of methoxy groups -OCH3 is 1. The van der Waals surface area contributed by atoms with Crippen LogP contribution in [0.25, 0.3) is 0 Å². The van der Waals surface area contributed by atoms with Gasteiger partial charge in [-0.3, -0.25) is 14.4 Å². The lowest BCUT2D eigenvalue weighted by Gasteiger charge is -2.42. The standard InChI is InChI=1S/C27H29NO10/c1-10-22(30)14(28)7-17(37-10)38-16-9-27(35,11(2)29)8-13-19(16)26(34)21-20(24(13)32)23(31)12-5-4-6-15(36-3)18(12)25(21)33/h4-6,10,14,16-17,22,30,32,34-35H,7-9,28H2,1-3H3/t10-,14+,16+,17-,22+,27+/m1/s1. The van der Waals surface area contributed by atoms with Crippen LogP contribution in [0.15, 0.2) is 18.2 Å². The highest BCUT2D eigenvalue weighted by Crippen LogP contribution is 2.52. The fraction of sp³-hybridized carbons (Fsp3) is 0.444. The Morgan fingerprint density at radius 3 is 2.45 bits per heavy atom. The molecule has 0 aromatic heterocycles. The van der Waals surface area contributed by atoms with Crippen molar-refractivity contribution in [2.45, 2.75) is 69.4 Å². The molecule has 1 saturated heterocycles. The van der Waals surface area contributed by atoms with Crippen molar-refractivity contribution in [3.63, 3.8) is 0 Å². The average molecular weight is 528 g/mol. The second-order valence-corrected chi connectivity index (χ2v) is 10.1. The SMILES string of the molecule is COc1cccc2c1C(=O)c1c(O)c3c(c(O)c1C2=O)C[C@@](O)(C(C)=O)C[C@@H]3O[C@@H]1C[C@H](N)[C@@H](O)[C@@H](C)O1. The summed E-state index contributed by atoms with van der Waals surface area (Å²) in [7, 11) is 1.34. The minimum Gasteiger partial charge on any atom is -0.507 e. The molecule has 38 heavy (non-hydrogen) atoms. The van der Waals surface area contributed by atoms with Crippen LogP contribution in [-0.2, 0) is 20.7 Å². The lowest BCUT2D eigenvalue weighted by Crippen LogP contribution is -2.52. The third kappa shape index (κ3) is 3.81. The molecular weight excluding hydrogens is 498 g/mol. The third-order valence-electron chi connectivity index (χ3n) is 7.80. The normalized spacial score (nSPS) is 30.3. The Kier molecular flexibility index (Phi) is 6.32. The number of Topliss-reactive ketones (excluding diaryl/α,β-unsaturated/α-hetero) is 1. The average Bonchev–Trinajstić information content (AvgIpc) is 2.87. The number of ketones is 3. The summed E-state index contributed by atoms with van der Waals surface area (Å²) in [4.78, 5) is 39.6. The lowest BCUT2D eigenvalue weighted by molar-refractivity contribution is -0.247. The third-order valence-corrected chi connectivity index (χ3v) is 7.80. The van der Waals surface area contributed by atoms with Gasteiger partial charge in [0.25, 0.3) is 0 Å². The van der Waals surface area contributed by atoms with Gasteiger partial charge < -0.3 is 40.4 Å². The molecule has 1 aliphatic heterocycles. The van der Waals surface area contributed by atoms with Gasteiger partial charge in [-0.1, -0.05) is 12.1 Å².